The second-order valence-electron chi connectivity index (χ2n) is 6.34. The van der Waals surface area contributed by atoms with Crippen LogP contribution in [-0.2, 0) is 4.79 Å². The van der Waals surface area contributed by atoms with Crippen molar-refractivity contribution in [2.24, 2.45) is 0 Å². The number of halogens is 1. The number of amides is 1. The van der Waals surface area contributed by atoms with Gasteiger partial charge in [-0.2, -0.15) is 0 Å². The molecule has 5 heteroatoms. The molecule has 1 saturated carbocycles. The van der Waals surface area contributed by atoms with Gasteiger partial charge in [-0.05, 0) is 57.6 Å². The Hall–Kier alpha value is -1.10. The normalized spacial score (nSPS) is 23.3. The van der Waals surface area contributed by atoms with Gasteiger partial charge in [0.25, 0.3) is 0 Å². The van der Waals surface area contributed by atoms with E-state index in [2.05, 4.69) is 24.3 Å². The molecule has 4 nitrogen and oxygen atoms in total. The van der Waals surface area contributed by atoms with Crippen LogP contribution in [0.25, 0.3) is 0 Å². The van der Waals surface area contributed by atoms with E-state index in [4.69, 9.17) is 11.6 Å². The third kappa shape index (κ3) is 2.93. The summed E-state index contributed by atoms with van der Waals surface area (Å²) in [5, 5.41) is 4.24. The highest BCUT2D eigenvalue weighted by Crippen LogP contribution is 2.46. The molecule has 3 rings (SSSR count). The minimum Gasteiger partial charge on any atom is -0.321 e. The summed E-state index contributed by atoms with van der Waals surface area (Å²) in [4.78, 5) is 16.8. The van der Waals surface area contributed by atoms with Crippen LogP contribution in [0.2, 0.25) is 5.02 Å². The molecule has 1 heterocycles. The number of hydrogen-bond acceptors (Lipinski definition) is 3. The van der Waals surface area contributed by atoms with Crippen molar-refractivity contribution in [2.45, 2.75) is 31.0 Å². The highest BCUT2D eigenvalue weighted by molar-refractivity contribution is 6.30. The minimum atomic E-state index is -0.287. The number of rotatable bonds is 5. The predicted octanol–water partition coefficient (Wildman–Crippen LogP) is 2.25. The second-order valence-corrected chi connectivity index (χ2v) is 6.78. The standard InChI is InChI=1S/C16H22ClN3O/c1-19(2)9-4-10-20-14(12-5-3-6-13(17)11-12)18-16(7-8-16)15(20)21/h3,5-6,11,14,18H,4,7-10H2,1-2H3. The second kappa shape index (κ2) is 5.59. The maximum absolute atomic E-state index is 12.7. The van der Waals surface area contributed by atoms with Crippen LogP contribution in [0.4, 0.5) is 0 Å². The van der Waals surface area contributed by atoms with Crippen molar-refractivity contribution in [3.8, 4) is 0 Å². The molecular weight excluding hydrogens is 286 g/mol. The highest BCUT2D eigenvalue weighted by Gasteiger charge is 2.59. The monoisotopic (exact) mass is 307 g/mol. The van der Waals surface area contributed by atoms with Crippen molar-refractivity contribution in [3.63, 3.8) is 0 Å². The van der Waals surface area contributed by atoms with Crippen molar-refractivity contribution in [3.05, 3.63) is 34.9 Å². The number of carbonyl (C=O) groups is 1. The molecule has 2 aliphatic rings. The van der Waals surface area contributed by atoms with Crippen LogP contribution in [0.3, 0.4) is 0 Å². The van der Waals surface area contributed by atoms with E-state index in [0.29, 0.717) is 5.02 Å². The molecule has 1 N–H and O–H groups in total. The fourth-order valence-corrected chi connectivity index (χ4v) is 3.20. The number of nitrogens with zero attached hydrogens (tertiary/aromatic N) is 2. The Kier molecular flexibility index (Phi) is 3.95. The Bertz CT molecular complexity index is 542. The molecule has 1 aromatic rings. The fraction of sp³-hybridized carbons (Fsp3) is 0.562. The molecule has 1 aliphatic heterocycles. The first-order chi connectivity index (χ1) is 10.0. The lowest BCUT2D eigenvalue weighted by molar-refractivity contribution is -0.130. The molecule has 21 heavy (non-hydrogen) atoms. The zero-order valence-corrected chi connectivity index (χ0v) is 13.4. The topological polar surface area (TPSA) is 35.6 Å². The zero-order valence-electron chi connectivity index (χ0n) is 12.6. The molecule has 2 fully saturated rings. The number of nitrogens with one attached hydrogen (secondary N) is 1. The van der Waals surface area contributed by atoms with Crippen molar-refractivity contribution in [1.82, 2.24) is 15.1 Å². The summed E-state index contributed by atoms with van der Waals surface area (Å²) in [5.41, 5.74) is 0.787. The Morgan fingerprint density at radius 2 is 2.19 bits per heavy atom. The summed E-state index contributed by atoms with van der Waals surface area (Å²) in [7, 11) is 4.11. The van der Waals surface area contributed by atoms with E-state index < -0.39 is 0 Å². The smallest absolute Gasteiger partial charge is 0.244 e. The summed E-state index contributed by atoms with van der Waals surface area (Å²) >= 11 is 6.10. The molecular formula is C16H22ClN3O. The molecule has 0 radical (unpaired) electrons. The van der Waals surface area contributed by atoms with Crippen LogP contribution in [0.1, 0.15) is 31.0 Å². The molecule has 0 aromatic heterocycles. The van der Waals surface area contributed by atoms with Gasteiger partial charge in [-0.15, -0.1) is 0 Å². The molecule has 0 bridgehead atoms. The summed E-state index contributed by atoms with van der Waals surface area (Å²) in [5.74, 6) is 0.256. The molecule has 1 atom stereocenters. The van der Waals surface area contributed by atoms with Crippen molar-refractivity contribution < 1.29 is 4.79 Å². The Morgan fingerprint density at radius 1 is 1.43 bits per heavy atom. The largest absolute Gasteiger partial charge is 0.321 e. The molecule has 1 spiro atoms. The van der Waals surface area contributed by atoms with Gasteiger partial charge in [-0.1, -0.05) is 23.7 Å². The lowest BCUT2D eigenvalue weighted by Gasteiger charge is -2.25. The quantitative estimate of drug-likeness (QED) is 0.906. The SMILES string of the molecule is CN(C)CCCN1C(=O)C2(CC2)NC1c1cccc(Cl)c1. The average molecular weight is 308 g/mol. The Labute approximate surface area is 131 Å². The van der Waals surface area contributed by atoms with Gasteiger partial charge in [0.2, 0.25) is 5.91 Å². The Morgan fingerprint density at radius 3 is 2.81 bits per heavy atom. The van der Waals surface area contributed by atoms with Crippen LogP contribution < -0.4 is 5.32 Å². The van der Waals surface area contributed by atoms with Crippen LogP contribution in [0.15, 0.2) is 24.3 Å². The minimum absolute atomic E-state index is 0.0409. The molecule has 1 unspecified atom stereocenters. The van der Waals surface area contributed by atoms with Crippen LogP contribution in [0.5, 0.6) is 0 Å². The summed E-state index contributed by atoms with van der Waals surface area (Å²) < 4.78 is 0. The zero-order chi connectivity index (χ0) is 15.0. The van der Waals surface area contributed by atoms with Gasteiger partial charge in [-0.25, -0.2) is 0 Å². The third-order valence-corrected chi connectivity index (χ3v) is 4.55. The van der Waals surface area contributed by atoms with Gasteiger partial charge in [0.1, 0.15) is 11.7 Å². The molecule has 114 valence electrons. The van der Waals surface area contributed by atoms with E-state index >= 15 is 0 Å². The van der Waals surface area contributed by atoms with Gasteiger partial charge in [0, 0.05) is 11.6 Å². The van der Waals surface area contributed by atoms with Crippen LogP contribution in [-0.4, -0.2) is 48.4 Å². The van der Waals surface area contributed by atoms with Gasteiger partial charge in [-0.3, -0.25) is 10.1 Å². The Balaban J connectivity index is 1.78. The highest BCUT2D eigenvalue weighted by atomic mass is 35.5. The lowest BCUT2D eigenvalue weighted by atomic mass is 10.1. The fourth-order valence-electron chi connectivity index (χ4n) is 3.00. The van der Waals surface area contributed by atoms with Gasteiger partial charge < -0.3 is 9.80 Å². The first kappa shape index (κ1) is 14.8. The molecule has 1 aromatic carbocycles. The molecule has 1 saturated heterocycles. The lowest BCUT2D eigenvalue weighted by Crippen LogP contribution is -2.34. The molecule has 1 aliphatic carbocycles. The van der Waals surface area contributed by atoms with E-state index in [9.17, 15) is 4.79 Å². The van der Waals surface area contributed by atoms with Crippen molar-refractivity contribution >= 4 is 17.5 Å². The predicted molar refractivity (Wildman–Crippen MR) is 84.2 cm³/mol. The van der Waals surface area contributed by atoms with E-state index in [1.54, 1.807) is 0 Å². The first-order valence-corrected chi connectivity index (χ1v) is 7.89. The van der Waals surface area contributed by atoms with E-state index in [1.807, 2.05) is 29.2 Å². The van der Waals surface area contributed by atoms with Gasteiger partial charge >= 0.3 is 0 Å². The van der Waals surface area contributed by atoms with Crippen LogP contribution >= 0.6 is 11.6 Å². The third-order valence-electron chi connectivity index (χ3n) is 4.31. The summed E-state index contributed by atoms with van der Waals surface area (Å²) in [6.07, 6.45) is 2.84. The average Bonchev–Trinajstić information content (AvgIpc) is 3.16. The van der Waals surface area contributed by atoms with Gasteiger partial charge in [0.15, 0.2) is 0 Å². The number of carbonyl (C=O) groups excluding carboxylic acids is 1. The maximum atomic E-state index is 12.7. The van der Waals surface area contributed by atoms with E-state index in [0.717, 1.165) is 37.9 Å². The van der Waals surface area contributed by atoms with Gasteiger partial charge in [0.05, 0.1) is 0 Å². The van der Waals surface area contributed by atoms with E-state index in [1.165, 1.54) is 0 Å². The number of hydrogen-bond donors (Lipinski definition) is 1. The van der Waals surface area contributed by atoms with Crippen molar-refractivity contribution in [2.75, 3.05) is 27.2 Å². The number of benzene rings is 1. The van der Waals surface area contributed by atoms with Crippen molar-refractivity contribution in [1.29, 1.82) is 0 Å². The molecule has 1 amide bonds. The van der Waals surface area contributed by atoms with E-state index in [-0.39, 0.29) is 17.6 Å². The first-order valence-electron chi connectivity index (χ1n) is 7.51. The van der Waals surface area contributed by atoms with Crippen LogP contribution in [0, 0.1) is 0 Å². The maximum Gasteiger partial charge on any atom is 0.244 e. The summed E-state index contributed by atoms with van der Waals surface area (Å²) in [6.45, 7) is 1.77. The summed E-state index contributed by atoms with van der Waals surface area (Å²) in [6, 6.07) is 7.80.